The van der Waals surface area contributed by atoms with Gasteiger partial charge in [0.05, 0.1) is 5.69 Å². The maximum Gasteiger partial charge on any atom is 0.284 e. The Bertz CT molecular complexity index is 1010. The van der Waals surface area contributed by atoms with Crippen molar-refractivity contribution in [2.45, 2.75) is 39.2 Å². The highest BCUT2D eigenvalue weighted by molar-refractivity contribution is 5.76. The molecule has 0 radical (unpaired) electrons. The van der Waals surface area contributed by atoms with E-state index >= 15 is 0 Å². The molecule has 140 valence electrons. The second kappa shape index (κ2) is 7.30. The minimum atomic E-state index is -0.346. The SMILES string of the molecule is Cc1ccc(-n2nnc3c(=O)n(CC(=O)N4CCCCCC4)cnc32)cc1. The molecule has 1 fully saturated rings. The molecule has 0 spiro atoms. The lowest BCUT2D eigenvalue weighted by Crippen LogP contribution is -2.37. The molecule has 0 saturated carbocycles. The van der Waals surface area contributed by atoms with Crippen molar-refractivity contribution in [1.29, 1.82) is 0 Å². The van der Waals surface area contributed by atoms with Crippen LogP contribution in [0, 0.1) is 6.92 Å². The van der Waals surface area contributed by atoms with Crippen LogP contribution in [0.15, 0.2) is 35.4 Å². The number of aryl methyl sites for hydroxylation is 1. The number of aromatic nitrogens is 5. The highest BCUT2D eigenvalue weighted by atomic mass is 16.2. The van der Waals surface area contributed by atoms with Crippen molar-refractivity contribution in [1.82, 2.24) is 29.4 Å². The molecule has 1 aliphatic rings. The van der Waals surface area contributed by atoms with Gasteiger partial charge in [0, 0.05) is 13.1 Å². The van der Waals surface area contributed by atoms with Crippen molar-refractivity contribution >= 4 is 17.1 Å². The number of benzene rings is 1. The van der Waals surface area contributed by atoms with Crippen molar-refractivity contribution in [3.8, 4) is 5.69 Å². The molecule has 8 heteroatoms. The number of carbonyl (C=O) groups excluding carboxylic acids is 1. The van der Waals surface area contributed by atoms with Crippen molar-refractivity contribution in [3.05, 3.63) is 46.5 Å². The van der Waals surface area contributed by atoms with Gasteiger partial charge in [-0.3, -0.25) is 14.2 Å². The van der Waals surface area contributed by atoms with Gasteiger partial charge in [0.15, 0.2) is 11.2 Å². The van der Waals surface area contributed by atoms with Crippen molar-refractivity contribution in [2.24, 2.45) is 0 Å². The summed E-state index contributed by atoms with van der Waals surface area (Å²) in [6, 6.07) is 7.73. The van der Waals surface area contributed by atoms with Gasteiger partial charge in [-0.2, -0.15) is 4.68 Å². The van der Waals surface area contributed by atoms with Crippen LogP contribution in [-0.2, 0) is 11.3 Å². The van der Waals surface area contributed by atoms with Gasteiger partial charge in [-0.1, -0.05) is 35.8 Å². The first-order valence-corrected chi connectivity index (χ1v) is 9.29. The van der Waals surface area contributed by atoms with Crippen LogP contribution in [0.3, 0.4) is 0 Å². The summed E-state index contributed by atoms with van der Waals surface area (Å²) in [7, 11) is 0. The smallest absolute Gasteiger partial charge is 0.284 e. The largest absolute Gasteiger partial charge is 0.341 e. The Balaban J connectivity index is 1.62. The van der Waals surface area contributed by atoms with Crippen LogP contribution in [0.4, 0.5) is 0 Å². The fraction of sp³-hybridized carbons (Fsp3) is 0.421. The summed E-state index contributed by atoms with van der Waals surface area (Å²) in [4.78, 5) is 31.5. The minimum Gasteiger partial charge on any atom is -0.341 e. The fourth-order valence-corrected chi connectivity index (χ4v) is 3.38. The Morgan fingerprint density at radius 3 is 2.48 bits per heavy atom. The summed E-state index contributed by atoms with van der Waals surface area (Å²) in [5, 5.41) is 8.08. The normalized spacial score (nSPS) is 15.1. The average molecular weight is 366 g/mol. The lowest BCUT2D eigenvalue weighted by molar-refractivity contribution is -0.131. The van der Waals surface area contributed by atoms with E-state index in [4.69, 9.17) is 0 Å². The first kappa shape index (κ1) is 17.4. The molecule has 1 amide bonds. The van der Waals surface area contributed by atoms with E-state index in [2.05, 4.69) is 15.3 Å². The van der Waals surface area contributed by atoms with Crippen LogP contribution in [0.5, 0.6) is 0 Å². The molecule has 2 aromatic heterocycles. The number of fused-ring (bicyclic) bond motifs is 1. The second-order valence-electron chi connectivity index (χ2n) is 6.98. The van der Waals surface area contributed by atoms with Gasteiger partial charge in [-0.15, -0.1) is 5.10 Å². The topological polar surface area (TPSA) is 85.9 Å². The van der Waals surface area contributed by atoms with Gasteiger partial charge in [-0.25, -0.2) is 4.98 Å². The first-order chi connectivity index (χ1) is 13.1. The molecule has 1 saturated heterocycles. The number of amides is 1. The molecule has 27 heavy (non-hydrogen) atoms. The second-order valence-corrected chi connectivity index (χ2v) is 6.98. The zero-order chi connectivity index (χ0) is 18.8. The highest BCUT2D eigenvalue weighted by Gasteiger charge is 2.19. The van der Waals surface area contributed by atoms with E-state index < -0.39 is 0 Å². The monoisotopic (exact) mass is 366 g/mol. The fourth-order valence-electron chi connectivity index (χ4n) is 3.38. The molecule has 3 aromatic rings. The summed E-state index contributed by atoms with van der Waals surface area (Å²) in [5.41, 5.74) is 2.13. The van der Waals surface area contributed by atoms with Gasteiger partial charge in [-0.05, 0) is 31.9 Å². The predicted octanol–water partition coefficient (Wildman–Crippen LogP) is 1.69. The van der Waals surface area contributed by atoms with Gasteiger partial charge in [0.1, 0.15) is 12.9 Å². The van der Waals surface area contributed by atoms with Crippen molar-refractivity contribution < 1.29 is 4.79 Å². The molecular formula is C19H22N6O2. The summed E-state index contributed by atoms with van der Waals surface area (Å²) < 4.78 is 2.86. The summed E-state index contributed by atoms with van der Waals surface area (Å²) in [5.74, 6) is -0.0499. The zero-order valence-corrected chi connectivity index (χ0v) is 15.3. The van der Waals surface area contributed by atoms with Gasteiger partial charge >= 0.3 is 0 Å². The number of carbonyl (C=O) groups is 1. The van der Waals surface area contributed by atoms with Gasteiger partial charge in [0.25, 0.3) is 5.56 Å². The summed E-state index contributed by atoms with van der Waals surface area (Å²) in [6.45, 7) is 3.50. The minimum absolute atomic E-state index is 0.0147. The van der Waals surface area contributed by atoms with Crippen LogP contribution in [-0.4, -0.2) is 48.4 Å². The quantitative estimate of drug-likeness (QED) is 0.704. The Hall–Kier alpha value is -3.03. The Morgan fingerprint density at radius 1 is 1.07 bits per heavy atom. The van der Waals surface area contributed by atoms with E-state index in [1.807, 2.05) is 36.1 Å². The van der Waals surface area contributed by atoms with Crippen LogP contribution < -0.4 is 5.56 Å². The summed E-state index contributed by atoms with van der Waals surface area (Å²) in [6.07, 6.45) is 5.75. The van der Waals surface area contributed by atoms with Crippen LogP contribution in [0.25, 0.3) is 16.9 Å². The van der Waals surface area contributed by atoms with E-state index in [0.29, 0.717) is 5.65 Å². The molecule has 0 unspecified atom stereocenters. The molecule has 0 aliphatic carbocycles. The number of hydrogen-bond donors (Lipinski definition) is 0. The maximum atomic E-state index is 12.7. The molecular weight excluding hydrogens is 344 g/mol. The number of rotatable bonds is 3. The van der Waals surface area contributed by atoms with E-state index in [0.717, 1.165) is 50.0 Å². The number of hydrogen-bond acceptors (Lipinski definition) is 5. The molecule has 1 aromatic carbocycles. The first-order valence-electron chi connectivity index (χ1n) is 9.29. The van der Waals surface area contributed by atoms with E-state index in [1.165, 1.54) is 15.6 Å². The number of nitrogens with zero attached hydrogens (tertiary/aromatic N) is 6. The zero-order valence-electron chi connectivity index (χ0n) is 15.3. The molecule has 0 N–H and O–H groups in total. The molecule has 8 nitrogen and oxygen atoms in total. The van der Waals surface area contributed by atoms with Crippen LogP contribution >= 0.6 is 0 Å². The van der Waals surface area contributed by atoms with E-state index in [-0.39, 0.29) is 23.5 Å². The van der Waals surface area contributed by atoms with Gasteiger partial charge in [0.2, 0.25) is 5.91 Å². The lowest BCUT2D eigenvalue weighted by Gasteiger charge is -2.20. The highest BCUT2D eigenvalue weighted by Crippen LogP contribution is 2.13. The van der Waals surface area contributed by atoms with Crippen molar-refractivity contribution in [2.75, 3.05) is 13.1 Å². The third-order valence-electron chi connectivity index (χ3n) is 4.97. The van der Waals surface area contributed by atoms with E-state index in [9.17, 15) is 9.59 Å². The average Bonchev–Trinajstić information content (AvgIpc) is 2.91. The Morgan fingerprint density at radius 2 is 1.78 bits per heavy atom. The van der Waals surface area contributed by atoms with Crippen LogP contribution in [0.1, 0.15) is 31.2 Å². The summed E-state index contributed by atoms with van der Waals surface area (Å²) >= 11 is 0. The Labute approximate surface area is 156 Å². The van der Waals surface area contributed by atoms with E-state index in [1.54, 1.807) is 0 Å². The third kappa shape index (κ3) is 3.47. The standard InChI is InChI=1S/C19H22N6O2/c1-14-6-8-15(9-7-14)25-18-17(21-22-25)19(27)24(13-20-18)12-16(26)23-10-4-2-3-5-11-23/h6-9,13H,2-5,10-12H2,1H3. The molecule has 1 aliphatic heterocycles. The molecule has 3 heterocycles. The predicted molar refractivity (Wildman–Crippen MR) is 101 cm³/mol. The van der Waals surface area contributed by atoms with Crippen molar-refractivity contribution in [3.63, 3.8) is 0 Å². The molecule has 0 atom stereocenters. The third-order valence-corrected chi connectivity index (χ3v) is 4.97. The number of likely N-dealkylation sites (tertiary alicyclic amines) is 1. The Kier molecular flexibility index (Phi) is 4.70. The van der Waals surface area contributed by atoms with Crippen LogP contribution in [0.2, 0.25) is 0 Å². The maximum absolute atomic E-state index is 12.7. The molecule has 4 rings (SSSR count). The molecule has 0 bridgehead atoms. The van der Waals surface area contributed by atoms with Gasteiger partial charge < -0.3 is 4.90 Å². The lowest BCUT2D eigenvalue weighted by atomic mass is 10.2.